The van der Waals surface area contributed by atoms with Crippen LogP contribution in [-0.2, 0) is 7.05 Å². The first-order valence-electron chi connectivity index (χ1n) is 6.67. The van der Waals surface area contributed by atoms with E-state index in [0.717, 1.165) is 4.68 Å². The minimum Gasteiger partial charge on any atom is -0.324 e. The van der Waals surface area contributed by atoms with Gasteiger partial charge in [0.2, 0.25) is 0 Å². The van der Waals surface area contributed by atoms with E-state index >= 15 is 0 Å². The molecular formula is C15H14F3N3O2. The van der Waals surface area contributed by atoms with Crippen molar-refractivity contribution < 1.29 is 18.0 Å². The summed E-state index contributed by atoms with van der Waals surface area (Å²) in [6, 6.07) is 6.17. The van der Waals surface area contributed by atoms with Gasteiger partial charge >= 0.3 is 6.18 Å². The number of carbonyl (C=O) groups excluding carboxylic acids is 1. The highest BCUT2D eigenvalue weighted by atomic mass is 19.4. The first-order chi connectivity index (χ1) is 10.7. The van der Waals surface area contributed by atoms with Crippen molar-refractivity contribution in [3.63, 3.8) is 0 Å². The van der Waals surface area contributed by atoms with Crippen LogP contribution in [-0.4, -0.2) is 39.9 Å². The van der Waals surface area contributed by atoms with Gasteiger partial charge in [0, 0.05) is 19.0 Å². The number of amides is 1. The molecule has 0 fully saturated rings. The molecular weight excluding hydrogens is 311 g/mol. The second-order valence-electron chi connectivity index (χ2n) is 4.91. The van der Waals surface area contributed by atoms with E-state index in [1.54, 1.807) is 12.1 Å². The van der Waals surface area contributed by atoms with E-state index in [4.69, 9.17) is 0 Å². The maximum atomic E-state index is 12.7. The van der Waals surface area contributed by atoms with Crippen LogP contribution in [0.25, 0.3) is 10.8 Å². The molecule has 1 aromatic heterocycles. The molecule has 2 rings (SSSR count). The molecule has 0 N–H and O–H groups in total. The van der Waals surface area contributed by atoms with Crippen LogP contribution in [0.3, 0.4) is 0 Å². The summed E-state index contributed by atoms with van der Waals surface area (Å²) in [7, 11) is 1.34. The molecule has 23 heavy (non-hydrogen) atoms. The van der Waals surface area contributed by atoms with Gasteiger partial charge in [0.05, 0.1) is 5.39 Å². The third-order valence-electron chi connectivity index (χ3n) is 3.17. The second kappa shape index (κ2) is 6.23. The first-order valence-corrected chi connectivity index (χ1v) is 6.67. The van der Waals surface area contributed by atoms with Gasteiger partial charge in [-0.15, -0.1) is 6.58 Å². The minimum atomic E-state index is -4.55. The Bertz CT molecular complexity index is 812. The van der Waals surface area contributed by atoms with Gasteiger partial charge in [-0.3, -0.25) is 9.59 Å². The summed E-state index contributed by atoms with van der Waals surface area (Å²) in [5, 5.41) is 4.29. The molecule has 0 radical (unpaired) electrons. The SMILES string of the molecule is C=CCN(CC(F)(F)F)C(=O)c1nn(C)c(=O)c2ccccc12. The normalized spacial score (nSPS) is 11.5. The summed E-state index contributed by atoms with van der Waals surface area (Å²) in [6.45, 7) is 1.66. The van der Waals surface area contributed by atoms with Crippen molar-refractivity contribution in [3.8, 4) is 0 Å². The molecule has 0 aliphatic heterocycles. The number of carbonyl (C=O) groups is 1. The molecule has 8 heteroatoms. The molecule has 2 aromatic rings. The highest BCUT2D eigenvalue weighted by Gasteiger charge is 2.34. The van der Waals surface area contributed by atoms with E-state index in [9.17, 15) is 22.8 Å². The van der Waals surface area contributed by atoms with E-state index in [1.807, 2.05) is 0 Å². The standard InChI is InChI=1S/C15H14F3N3O2/c1-3-8-21(9-15(16,17)18)14(23)12-10-6-4-5-7-11(10)13(22)20(2)19-12/h3-7H,1,8-9H2,2H3. The number of fused-ring (bicyclic) bond motifs is 1. The molecule has 0 unspecified atom stereocenters. The van der Waals surface area contributed by atoms with Gasteiger partial charge < -0.3 is 4.90 Å². The van der Waals surface area contributed by atoms with E-state index in [0.29, 0.717) is 4.90 Å². The van der Waals surface area contributed by atoms with Crippen LogP contribution in [0, 0.1) is 0 Å². The Labute approximate surface area is 129 Å². The summed E-state index contributed by atoms with van der Waals surface area (Å²) in [5.41, 5.74) is -0.628. The Balaban J connectivity index is 2.57. The average molecular weight is 325 g/mol. The zero-order valence-corrected chi connectivity index (χ0v) is 12.3. The lowest BCUT2D eigenvalue weighted by molar-refractivity contribution is -0.139. The molecule has 1 aromatic carbocycles. The number of alkyl halides is 3. The van der Waals surface area contributed by atoms with Gasteiger partial charge in [0.15, 0.2) is 5.69 Å². The summed E-state index contributed by atoms with van der Waals surface area (Å²) >= 11 is 0. The van der Waals surface area contributed by atoms with Crippen molar-refractivity contribution in [2.75, 3.05) is 13.1 Å². The molecule has 1 heterocycles. The largest absolute Gasteiger partial charge is 0.406 e. The van der Waals surface area contributed by atoms with Gasteiger partial charge in [0.25, 0.3) is 11.5 Å². The van der Waals surface area contributed by atoms with Crippen molar-refractivity contribution in [3.05, 3.63) is 53.0 Å². The zero-order chi connectivity index (χ0) is 17.2. The van der Waals surface area contributed by atoms with E-state index in [1.165, 1.54) is 25.3 Å². The molecule has 0 saturated carbocycles. The number of aryl methyl sites for hydroxylation is 1. The highest BCUT2D eigenvalue weighted by molar-refractivity contribution is 6.04. The van der Waals surface area contributed by atoms with Crippen LogP contribution in [0.2, 0.25) is 0 Å². The third kappa shape index (κ3) is 3.58. The van der Waals surface area contributed by atoms with Crippen LogP contribution in [0.1, 0.15) is 10.5 Å². The molecule has 0 bridgehead atoms. The molecule has 1 amide bonds. The highest BCUT2D eigenvalue weighted by Crippen LogP contribution is 2.20. The van der Waals surface area contributed by atoms with Crippen LogP contribution in [0.4, 0.5) is 13.2 Å². The monoisotopic (exact) mass is 325 g/mol. The fraction of sp³-hybridized carbons (Fsp3) is 0.267. The fourth-order valence-corrected chi connectivity index (χ4v) is 2.20. The van der Waals surface area contributed by atoms with Gasteiger partial charge in [-0.2, -0.15) is 18.3 Å². The van der Waals surface area contributed by atoms with Crippen molar-refractivity contribution in [2.45, 2.75) is 6.18 Å². The van der Waals surface area contributed by atoms with Gasteiger partial charge in [-0.25, -0.2) is 4.68 Å². The summed E-state index contributed by atoms with van der Waals surface area (Å²) in [4.78, 5) is 25.1. The smallest absolute Gasteiger partial charge is 0.324 e. The lowest BCUT2D eigenvalue weighted by Gasteiger charge is -2.22. The number of hydrogen-bond acceptors (Lipinski definition) is 3. The van der Waals surface area contributed by atoms with Crippen molar-refractivity contribution in [1.29, 1.82) is 0 Å². The lowest BCUT2D eigenvalue weighted by atomic mass is 10.1. The maximum Gasteiger partial charge on any atom is 0.406 e. The third-order valence-corrected chi connectivity index (χ3v) is 3.17. The number of benzene rings is 1. The molecule has 0 saturated heterocycles. The fourth-order valence-electron chi connectivity index (χ4n) is 2.20. The molecule has 0 aliphatic carbocycles. The first kappa shape index (κ1) is 16.7. The minimum absolute atomic E-state index is 0.200. The summed E-state index contributed by atoms with van der Waals surface area (Å²) < 4.78 is 38.9. The van der Waals surface area contributed by atoms with Crippen LogP contribution in [0.15, 0.2) is 41.7 Å². The van der Waals surface area contributed by atoms with Gasteiger partial charge in [-0.1, -0.05) is 24.3 Å². The van der Waals surface area contributed by atoms with Gasteiger partial charge in [-0.05, 0) is 6.07 Å². The van der Waals surface area contributed by atoms with Crippen molar-refractivity contribution in [2.24, 2.45) is 7.05 Å². The van der Waals surface area contributed by atoms with Gasteiger partial charge in [0.1, 0.15) is 6.54 Å². The molecule has 5 nitrogen and oxygen atoms in total. The Kier molecular flexibility index (Phi) is 4.53. The van der Waals surface area contributed by atoms with Crippen molar-refractivity contribution >= 4 is 16.7 Å². The predicted octanol–water partition coefficient (Wildman–Crippen LogP) is 2.12. The average Bonchev–Trinajstić information content (AvgIpc) is 2.48. The number of halogens is 3. The quantitative estimate of drug-likeness (QED) is 0.809. The number of hydrogen-bond donors (Lipinski definition) is 0. The molecule has 122 valence electrons. The van der Waals surface area contributed by atoms with Crippen LogP contribution < -0.4 is 5.56 Å². The number of rotatable bonds is 4. The summed E-state index contributed by atoms with van der Waals surface area (Å²) in [6.07, 6.45) is -3.34. The molecule has 0 spiro atoms. The topological polar surface area (TPSA) is 55.2 Å². The maximum absolute atomic E-state index is 12.7. The number of nitrogens with zero attached hydrogens (tertiary/aromatic N) is 3. The van der Waals surface area contributed by atoms with E-state index in [-0.39, 0.29) is 23.0 Å². The molecule has 0 aliphatic rings. The Morgan fingerprint density at radius 3 is 2.52 bits per heavy atom. The lowest BCUT2D eigenvalue weighted by Crippen LogP contribution is -2.40. The van der Waals surface area contributed by atoms with E-state index < -0.39 is 24.2 Å². The molecule has 0 atom stereocenters. The van der Waals surface area contributed by atoms with Crippen LogP contribution in [0.5, 0.6) is 0 Å². The summed E-state index contributed by atoms with van der Waals surface area (Å²) in [5.74, 6) is -0.908. The number of aromatic nitrogens is 2. The predicted molar refractivity (Wildman–Crippen MR) is 79.1 cm³/mol. The van der Waals surface area contributed by atoms with Crippen LogP contribution >= 0.6 is 0 Å². The Morgan fingerprint density at radius 1 is 1.35 bits per heavy atom. The Morgan fingerprint density at radius 2 is 1.96 bits per heavy atom. The zero-order valence-electron chi connectivity index (χ0n) is 12.3. The second-order valence-corrected chi connectivity index (χ2v) is 4.91. The van der Waals surface area contributed by atoms with E-state index in [2.05, 4.69) is 11.7 Å². The Hall–Kier alpha value is -2.64. The van der Waals surface area contributed by atoms with Crippen molar-refractivity contribution in [1.82, 2.24) is 14.7 Å².